The van der Waals surface area contributed by atoms with Gasteiger partial charge in [0.25, 0.3) is 0 Å². The Balaban J connectivity index is 1.44. The number of nitrogens with zero attached hydrogens (tertiary/aromatic N) is 4. The van der Waals surface area contributed by atoms with Crippen LogP contribution >= 0.6 is 0 Å². The molecule has 4 rings (SSSR count). The number of benzene rings is 2. The predicted molar refractivity (Wildman–Crippen MR) is 134 cm³/mol. The molecule has 2 heterocycles. The van der Waals surface area contributed by atoms with Gasteiger partial charge in [0.05, 0.1) is 0 Å². The zero-order valence-corrected chi connectivity index (χ0v) is 20.8. The summed E-state index contributed by atoms with van der Waals surface area (Å²) in [6.07, 6.45) is 0.346. The van der Waals surface area contributed by atoms with Crippen molar-refractivity contribution < 1.29 is 27.1 Å². The van der Waals surface area contributed by atoms with Crippen LogP contribution in [0.3, 0.4) is 0 Å². The van der Waals surface area contributed by atoms with Crippen LogP contribution < -0.4 is 10.1 Å². The molecule has 3 aromatic rings. The zero-order valence-electron chi connectivity index (χ0n) is 20.8. The number of hydrogen-bond acceptors (Lipinski definition) is 7. The van der Waals surface area contributed by atoms with Crippen molar-refractivity contribution in [1.82, 2.24) is 19.9 Å². The second-order valence-corrected chi connectivity index (χ2v) is 9.16. The third-order valence-electron chi connectivity index (χ3n) is 6.14. The summed E-state index contributed by atoms with van der Waals surface area (Å²) in [6.45, 7) is 1.73. The average molecular weight is 532 g/mol. The Bertz CT molecular complexity index is 1200. The van der Waals surface area contributed by atoms with E-state index in [1.165, 1.54) is 31.4 Å². The maximum atomic E-state index is 13.2. The molecule has 1 aromatic heterocycles. The number of rotatable bonds is 11. The van der Waals surface area contributed by atoms with Crippen LogP contribution in [0, 0.1) is 5.82 Å². The highest BCUT2D eigenvalue weighted by molar-refractivity contribution is 5.96. The minimum absolute atomic E-state index is 0.00522. The zero-order chi connectivity index (χ0) is 27.0. The average Bonchev–Trinajstić information content (AvgIpc) is 2.92. The van der Waals surface area contributed by atoms with E-state index in [9.17, 15) is 22.4 Å². The Hall–Kier alpha value is -3.60. The van der Waals surface area contributed by atoms with Crippen molar-refractivity contribution in [3.63, 3.8) is 0 Å². The Morgan fingerprint density at radius 3 is 2.34 bits per heavy atom. The van der Waals surface area contributed by atoms with Crippen molar-refractivity contribution in [2.24, 2.45) is 0 Å². The lowest BCUT2D eigenvalue weighted by Crippen LogP contribution is -2.30. The molecular formula is C27H29F4N5O2. The standard InChI is InChI=1S/C27H29F4N5O2/c28-22-12-6-19(7-13-22)17-32-25-33-24(34-26(35-25)38-18-27(29,30)31)21-10-8-20(9-11-21)23(37)5-4-16-36-14-2-1-3-15-36/h6-13H,1-5,14-18H2,(H,32,33,34,35). The van der Waals surface area contributed by atoms with Gasteiger partial charge < -0.3 is 15.0 Å². The fourth-order valence-electron chi connectivity index (χ4n) is 4.15. The van der Waals surface area contributed by atoms with Gasteiger partial charge in [-0.25, -0.2) is 4.39 Å². The first kappa shape index (κ1) is 27.4. The van der Waals surface area contributed by atoms with Crippen molar-refractivity contribution in [3.05, 3.63) is 65.5 Å². The smallest absolute Gasteiger partial charge is 0.422 e. The summed E-state index contributed by atoms with van der Waals surface area (Å²) in [7, 11) is 0. The van der Waals surface area contributed by atoms with Crippen LogP contribution in [-0.4, -0.2) is 58.1 Å². The molecule has 7 nitrogen and oxygen atoms in total. The lowest BCUT2D eigenvalue weighted by Gasteiger charge is -2.26. The number of anilines is 1. The molecule has 0 amide bonds. The highest BCUT2D eigenvalue weighted by Gasteiger charge is 2.29. The molecule has 11 heteroatoms. The molecular weight excluding hydrogens is 502 g/mol. The van der Waals surface area contributed by atoms with Crippen LogP contribution in [-0.2, 0) is 6.54 Å². The molecule has 0 spiro atoms. The second kappa shape index (κ2) is 12.8. The molecule has 1 aliphatic heterocycles. The minimum Gasteiger partial charge on any atom is -0.454 e. The van der Waals surface area contributed by atoms with Gasteiger partial charge in [-0.1, -0.05) is 42.8 Å². The highest BCUT2D eigenvalue weighted by atomic mass is 19.4. The fourth-order valence-corrected chi connectivity index (χ4v) is 4.15. The van der Waals surface area contributed by atoms with Crippen molar-refractivity contribution in [2.75, 3.05) is 31.6 Å². The Morgan fingerprint density at radius 2 is 1.66 bits per heavy atom. The van der Waals surface area contributed by atoms with E-state index in [0.29, 0.717) is 23.1 Å². The van der Waals surface area contributed by atoms with Crippen molar-refractivity contribution in [2.45, 2.75) is 44.8 Å². The molecule has 0 unspecified atom stereocenters. The first-order chi connectivity index (χ1) is 18.2. The van der Waals surface area contributed by atoms with E-state index in [0.717, 1.165) is 26.1 Å². The number of likely N-dealkylation sites (tertiary alicyclic amines) is 1. The number of ether oxygens (including phenoxy) is 1. The normalized spacial score (nSPS) is 14.3. The number of ketones is 1. The van der Waals surface area contributed by atoms with Gasteiger partial charge in [0.1, 0.15) is 5.82 Å². The van der Waals surface area contributed by atoms with Crippen LogP contribution in [0.2, 0.25) is 0 Å². The first-order valence-corrected chi connectivity index (χ1v) is 12.6. The fraction of sp³-hybridized carbons (Fsp3) is 0.407. The summed E-state index contributed by atoms with van der Waals surface area (Å²) in [5, 5.41) is 2.90. The van der Waals surface area contributed by atoms with Gasteiger partial charge >= 0.3 is 12.2 Å². The molecule has 0 radical (unpaired) electrons. The number of alkyl halides is 3. The molecule has 2 aromatic carbocycles. The lowest BCUT2D eigenvalue weighted by molar-refractivity contribution is -0.154. The minimum atomic E-state index is -4.56. The largest absolute Gasteiger partial charge is 0.454 e. The molecule has 1 fully saturated rings. The van der Waals surface area contributed by atoms with E-state index >= 15 is 0 Å². The maximum Gasteiger partial charge on any atom is 0.422 e. The predicted octanol–water partition coefficient (Wildman–Crippen LogP) is 5.68. The van der Waals surface area contributed by atoms with E-state index in [1.807, 2.05) is 0 Å². The van der Waals surface area contributed by atoms with Gasteiger partial charge in [-0.2, -0.15) is 28.1 Å². The third-order valence-corrected chi connectivity index (χ3v) is 6.14. The number of nitrogens with one attached hydrogen (secondary N) is 1. The highest BCUT2D eigenvalue weighted by Crippen LogP contribution is 2.22. The summed E-state index contributed by atoms with van der Waals surface area (Å²) in [6, 6.07) is 11.8. The third kappa shape index (κ3) is 8.47. The van der Waals surface area contributed by atoms with E-state index in [2.05, 4.69) is 25.2 Å². The summed E-state index contributed by atoms with van der Waals surface area (Å²) in [5.74, 6) is -0.278. The molecule has 38 heavy (non-hydrogen) atoms. The molecule has 1 saturated heterocycles. The van der Waals surface area contributed by atoms with Crippen LogP contribution in [0.1, 0.15) is 48.0 Å². The van der Waals surface area contributed by atoms with Crippen molar-refractivity contribution in [3.8, 4) is 17.4 Å². The lowest BCUT2D eigenvalue weighted by atomic mass is 10.0. The van der Waals surface area contributed by atoms with Crippen LogP contribution in [0.25, 0.3) is 11.4 Å². The van der Waals surface area contributed by atoms with Gasteiger partial charge in [-0.05, 0) is 56.6 Å². The van der Waals surface area contributed by atoms with Crippen LogP contribution in [0.5, 0.6) is 6.01 Å². The summed E-state index contributed by atoms with van der Waals surface area (Å²) < 4.78 is 56.0. The number of halogens is 4. The number of piperidine rings is 1. The van der Waals surface area contributed by atoms with Gasteiger partial charge in [0, 0.05) is 24.1 Å². The number of Topliss-reactive ketones (excluding diaryl/α,β-unsaturated/α-hetero) is 1. The van der Waals surface area contributed by atoms with E-state index < -0.39 is 18.8 Å². The quantitative estimate of drug-likeness (QED) is 0.252. The van der Waals surface area contributed by atoms with Gasteiger partial charge in [-0.3, -0.25) is 4.79 Å². The summed E-state index contributed by atoms with van der Waals surface area (Å²) >= 11 is 0. The maximum absolute atomic E-state index is 13.2. The SMILES string of the molecule is O=C(CCCN1CCCCC1)c1ccc(-c2nc(NCc3ccc(F)cc3)nc(OCC(F)(F)F)n2)cc1. The molecule has 0 atom stereocenters. The van der Waals surface area contributed by atoms with Gasteiger partial charge in [0.2, 0.25) is 5.95 Å². The number of carbonyl (C=O) groups excluding carboxylic acids is 1. The van der Waals surface area contributed by atoms with E-state index in [4.69, 9.17) is 4.74 Å². The number of hydrogen-bond donors (Lipinski definition) is 1. The van der Waals surface area contributed by atoms with Gasteiger partial charge in [-0.15, -0.1) is 0 Å². The topological polar surface area (TPSA) is 80.2 Å². The van der Waals surface area contributed by atoms with Crippen molar-refractivity contribution >= 4 is 11.7 Å². The first-order valence-electron chi connectivity index (χ1n) is 12.6. The van der Waals surface area contributed by atoms with Crippen LogP contribution in [0.4, 0.5) is 23.5 Å². The number of carbonyl (C=O) groups is 1. The Kier molecular flexibility index (Phi) is 9.22. The second-order valence-electron chi connectivity index (χ2n) is 9.16. The number of aromatic nitrogens is 3. The molecule has 0 bridgehead atoms. The Labute approximate surface area is 218 Å². The van der Waals surface area contributed by atoms with E-state index in [1.54, 1.807) is 36.4 Å². The van der Waals surface area contributed by atoms with Crippen LogP contribution in [0.15, 0.2) is 48.5 Å². The summed E-state index contributed by atoms with van der Waals surface area (Å²) in [4.78, 5) is 27.3. The van der Waals surface area contributed by atoms with Gasteiger partial charge in [0.15, 0.2) is 18.2 Å². The molecule has 0 saturated carbocycles. The molecule has 1 N–H and O–H groups in total. The molecule has 0 aliphatic carbocycles. The van der Waals surface area contributed by atoms with Crippen molar-refractivity contribution in [1.29, 1.82) is 0 Å². The molecule has 202 valence electrons. The monoisotopic (exact) mass is 531 g/mol. The Morgan fingerprint density at radius 1 is 0.947 bits per heavy atom. The van der Waals surface area contributed by atoms with E-state index in [-0.39, 0.29) is 29.9 Å². The summed E-state index contributed by atoms with van der Waals surface area (Å²) in [5.41, 5.74) is 1.75. The molecule has 1 aliphatic rings.